The molecule has 0 unspecified atom stereocenters. The van der Waals surface area contributed by atoms with Crippen LogP contribution < -0.4 is 50.8 Å². The lowest BCUT2D eigenvalue weighted by molar-refractivity contribution is -0.135. The smallest absolute Gasteiger partial charge is 0.226 e. The quantitative estimate of drug-likeness (QED) is 0.0261. The third kappa shape index (κ3) is 19.1. The standard InChI is InChI=1S/C29H56N12O6/c1-16(2)24(30)23(45)14-19(15-42)26(47)41-21(9-6-12-39-29(35)36)22(44)13-18(7-4-10-37-27(31)32)25(46)40-20(17(3)43)8-5-11-38-28(33)34/h16,18-21,24,42H,4-15,30H2,1-3H3,(H,40,46)(H,41,47)(H4,31,32,37)(H4,33,34,38)(H4,35,36,39)/t18-,19+,20+,21+,24+/m1/s1. The van der Waals surface area contributed by atoms with Gasteiger partial charge in [0.05, 0.1) is 30.7 Å². The van der Waals surface area contributed by atoms with Crippen molar-refractivity contribution >= 4 is 47.0 Å². The van der Waals surface area contributed by atoms with Crippen molar-refractivity contribution in [1.29, 1.82) is 0 Å². The number of Topliss-reactive ketones (excluding diaryl/α,β-unsaturated/α-hetero) is 3. The van der Waals surface area contributed by atoms with Gasteiger partial charge in [0.15, 0.2) is 35.2 Å². The van der Waals surface area contributed by atoms with Crippen LogP contribution in [0.3, 0.4) is 0 Å². The van der Waals surface area contributed by atoms with Crippen LogP contribution in [-0.4, -0.2) is 96.5 Å². The number of hydrogen-bond donors (Lipinski definition) is 10. The summed E-state index contributed by atoms with van der Waals surface area (Å²) in [5, 5.41) is 15.2. The molecule has 268 valence electrons. The van der Waals surface area contributed by atoms with Crippen molar-refractivity contribution in [1.82, 2.24) is 10.6 Å². The maximum atomic E-state index is 13.7. The van der Waals surface area contributed by atoms with E-state index in [0.29, 0.717) is 19.3 Å². The number of rotatable bonds is 25. The number of aliphatic hydroxyl groups excluding tert-OH is 1. The molecule has 0 radical (unpaired) electrons. The van der Waals surface area contributed by atoms with Crippen LogP contribution in [0.1, 0.15) is 72.1 Å². The fourth-order valence-corrected chi connectivity index (χ4v) is 4.52. The van der Waals surface area contributed by atoms with Gasteiger partial charge in [0.25, 0.3) is 0 Å². The Hall–Kier alpha value is -4.32. The Balaban J connectivity index is 6.03. The average Bonchev–Trinajstić information content (AvgIpc) is 2.98. The van der Waals surface area contributed by atoms with Gasteiger partial charge >= 0.3 is 0 Å². The fraction of sp³-hybridized carbons (Fsp3) is 0.724. The zero-order valence-electron chi connectivity index (χ0n) is 27.8. The summed E-state index contributed by atoms with van der Waals surface area (Å²) in [6.45, 7) is 4.82. The van der Waals surface area contributed by atoms with Crippen LogP contribution in [0.4, 0.5) is 0 Å². The summed E-state index contributed by atoms with van der Waals surface area (Å²) in [7, 11) is 0. The second kappa shape index (κ2) is 23.1. The number of amides is 2. The predicted molar refractivity (Wildman–Crippen MR) is 180 cm³/mol. The van der Waals surface area contributed by atoms with E-state index in [4.69, 9.17) is 40.1 Å². The summed E-state index contributed by atoms with van der Waals surface area (Å²) < 4.78 is 0. The van der Waals surface area contributed by atoms with Crippen LogP contribution in [-0.2, 0) is 24.0 Å². The van der Waals surface area contributed by atoms with Crippen molar-refractivity contribution in [2.24, 2.45) is 72.9 Å². The number of carbonyl (C=O) groups is 5. The van der Waals surface area contributed by atoms with E-state index in [-0.39, 0.29) is 81.3 Å². The molecule has 0 aliphatic carbocycles. The average molecular weight is 669 g/mol. The number of nitrogens with zero attached hydrogens (tertiary/aromatic N) is 3. The molecule has 0 bridgehead atoms. The Morgan fingerprint density at radius 2 is 1.04 bits per heavy atom. The van der Waals surface area contributed by atoms with E-state index < -0.39 is 59.9 Å². The van der Waals surface area contributed by atoms with Crippen LogP contribution in [0.25, 0.3) is 0 Å². The maximum absolute atomic E-state index is 13.7. The van der Waals surface area contributed by atoms with Crippen molar-refractivity contribution in [3.63, 3.8) is 0 Å². The first-order valence-electron chi connectivity index (χ1n) is 15.7. The largest absolute Gasteiger partial charge is 0.396 e. The van der Waals surface area contributed by atoms with Crippen LogP contribution in [0, 0.1) is 17.8 Å². The highest BCUT2D eigenvalue weighted by Gasteiger charge is 2.32. The maximum Gasteiger partial charge on any atom is 0.226 e. The van der Waals surface area contributed by atoms with E-state index in [1.807, 2.05) is 0 Å². The number of nitrogens with one attached hydrogen (secondary N) is 2. The van der Waals surface area contributed by atoms with Gasteiger partial charge in [0, 0.05) is 38.4 Å². The van der Waals surface area contributed by atoms with Crippen molar-refractivity contribution in [2.75, 3.05) is 26.2 Å². The molecule has 5 atom stereocenters. The molecule has 0 saturated carbocycles. The summed E-state index contributed by atoms with van der Waals surface area (Å²) in [4.78, 5) is 76.9. The molecule has 2 amide bonds. The third-order valence-corrected chi connectivity index (χ3v) is 7.36. The molecule has 17 N–H and O–H groups in total. The molecule has 0 aromatic heterocycles. The van der Waals surface area contributed by atoms with Gasteiger partial charge in [-0.2, -0.15) is 0 Å². The van der Waals surface area contributed by atoms with Crippen LogP contribution >= 0.6 is 0 Å². The molecule has 0 saturated heterocycles. The summed E-state index contributed by atoms with van der Waals surface area (Å²) >= 11 is 0. The van der Waals surface area contributed by atoms with Crippen molar-refractivity contribution in [3.05, 3.63) is 0 Å². The molecule has 18 nitrogen and oxygen atoms in total. The van der Waals surface area contributed by atoms with E-state index >= 15 is 0 Å². The van der Waals surface area contributed by atoms with Gasteiger partial charge in [0.2, 0.25) is 11.8 Å². The lowest BCUT2D eigenvalue weighted by Gasteiger charge is -2.25. The zero-order chi connectivity index (χ0) is 36.1. The Labute approximate surface area is 276 Å². The minimum absolute atomic E-state index is 0.0938. The Kier molecular flexibility index (Phi) is 20.9. The molecular weight excluding hydrogens is 612 g/mol. The number of ketones is 3. The highest BCUT2D eigenvalue weighted by molar-refractivity contribution is 5.95. The summed E-state index contributed by atoms with van der Waals surface area (Å²) in [6, 6.07) is -2.77. The molecule has 47 heavy (non-hydrogen) atoms. The molecule has 0 fully saturated rings. The van der Waals surface area contributed by atoms with Crippen LogP contribution in [0.2, 0.25) is 0 Å². The predicted octanol–water partition coefficient (Wildman–Crippen LogP) is -3.17. The van der Waals surface area contributed by atoms with Gasteiger partial charge in [-0.05, 0) is 51.4 Å². The molecule has 0 aliphatic heterocycles. The Morgan fingerprint density at radius 3 is 1.47 bits per heavy atom. The number of carbonyl (C=O) groups excluding carboxylic acids is 5. The monoisotopic (exact) mass is 668 g/mol. The van der Waals surface area contributed by atoms with Gasteiger partial charge in [-0.25, -0.2) is 0 Å². The highest BCUT2D eigenvalue weighted by Crippen LogP contribution is 2.18. The molecule has 0 aliphatic rings. The van der Waals surface area contributed by atoms with Gasteiger partial charge in [-0.15, -0.1) is 0 Å². The summed E-state index contributed by atoms with van der Waals surface area (Å²) in [6.07, 6.45) is 0.964. The minimum Gasteiger partial charge on any atom is -0.396 e. The van der Waals surface area contributed by atoms with Gasteiger partial charge in [0.1, 0.15) is 0 Å². The lowest BCUT2D eigenvalue weighted by Crippen LogP contribution is -2.48. The Bertz CT molecular complexity index is 1110. The van der Waals surface area contributed by atoms with Crippen LogP contribution in [0.5, 0.6) is 0 Å². The molecule has 0 aromatic carbocycles. The number of guanidine groups is 3. The lowest BCUT2D eigenvalue weighted by atomic mass is 9.90. The first kappa shape index (κ1) is 42.7. The van der Waals surface area contributed by atoms with Gasteiger partial charge < -0.3 is 55.9 Å². The topological polar surface area (TPSA) is 349 Å². The number of aliphatic hydroxyl groups is 1. The third-order valence-electron chi connectivity index (χ3n) is 7.36. The fourth-order valence-electron chi connectivity index (χ4n) is 4.52. The summed E-state index contributed by atoms with van der Waals surface area (Å²) in [5.74, 6) is -5.04. The Morgan fingerprint density at radius 1 is 0.638 bits per heavy atom. The molecule has 0 spiro atoms. The first-order chi connectivity index (χ1) is 22.0. The van der Waals surface area contributed by atoms with Gasteiger partial charge in [-0.1, -0.05) is 13.8 Å². The second-order valence-corrected chi connectivity index (χ2v) is 11.8. The first-order valence-corrected chi connectivity index (χ1v) is 15.7. The number of hydrogen-bond acceptors (Lipinski definition) is 10. The normalized spacial score (nSPS) is 14.1. The molecule has 0 aromatic rings. The van der Waals surface area contributed by atoms with E-state index in [2.05, 4.69) is 25.6 Å². The van der Waals surface area contributed by atoms with Crippen molar-refractivity contribution in [2.45, 2.75) is 90.3 Å². The molecule has 18 heteroatoms. The van der Waals surface area contributed by atoms with E-state index in [1.54, 1.807) is 13.8 Å². The van der Waals surface area contributed by atoms with E-state index in [0.717, 1.165) is 0 Å². The second-order valence-electron chi connectivity index (χ2n) is 11.8. The summed E-state index contributed by atoms with van der Waals surface area (Å²) in [5.41, 5.74) is 38.2. The van der Waals surface area contributed by atoms with Crippen LogP contribution in [0.15, 0.2) is 15.0 Å². The van der Waals surface area contributed by atoms with Crippen molar-refractivity contribution < 1.29 is 29.1 Å². The van der Waals surface area contributed by atoms with Gasteiger partial charge in [-0.3, -0.25) is 38.9 Å². The number of nitrogens with two attached hydrogens (primary N) is 7. The molecule has 0 rings (SSSR count). The van der Waals surface area contributed by atoms with Crippen molar-refractivity contribution in [3.8, 4) is 0 Å². The SMILES string of the molecule is CC(=O)[C@H](CCCN=C(N)N)NC(=O)[C@H](CCCN=C(N)N)CC(=O)[C@H](CCCN=C(N)N)NC(=O)[C@H](CO)CC(=O)[C@@H](N)C(C)C. The molecule has 0 heterocycles. The molecular formula is C29H56N12O6. The van der Waals surface area contributed by atoms with E-state index in [1.165, 1.54) is 6.92 Å². The van der Waals surface area contributed by atoms with E-state index in [9.17, 15) is 29.1 Å². The zero-order valence-corrected chi connectivity index (χ0v) is 27.8. The minimum atomic E-state index is -1.14. The highest BCUT2D eigenvalue weighted by atomic mass is 16.3. The number of aliphatic imine (C=N–C) groups is 3.